The molecule has 8 nitrogen and oxygen atoms in total. The molecule has 1 saturated heterocycles. The molecule has 0 unspecified atom stereocenters. The zero-order valence-corrected chi connectivity index (χ0v) is 21.8. The second-order valence-corrected chi connectivity index (χ2v) is 9.58. The van der Waals surface area contributed by atoms with Gasteiger partial charge in [0.05, 0.1) is 23.8 Å². The van der Waals surface area contributed by atoms with E-state index in [0.717, 1.165) is 0 Å². The van der Waals surface area contributed by atoms with Gasteiger partial charge >= 0.3 is 12.0 Å². The molecule has 0 bridgehead atoms. The number of carbonyl (C=O) groups is 3. The molecule has 4 rings (SSSR count). The number of halogens is 2. The average molecular weight is 529 g/mol. The summed E-state index contributed by atoms with van der Waals surface area (Å²) in [6, 6.07) is 11.7. The van der Waals surface area contributed by atoms with Gasteiger partial charge < -0.3 is 15.0 Å². The van der Waals surface area contributed by atoms with E-state index in [1.165, 1.54) is 17.0 Å². The standard InChI is InChI=1S/C27H30ClFN4O4/c1-4-37-26(35)23-22(31(3)27(36)30-24(23)18-8-7-9-19(28)14-18)16-32-12-13-33(17(2)15-32)25(34)20-10-5-6-11-21(20)29/h5-11,14,17,24H,4,12-13,15-16H2,1-3H3,(H,30,36)/t17-,24-/m0/s1. The summed E-state index contributed by atoms with van der Waals surface area (Å²) < 4.78 is 19.6. The van der Waals surface area contributed by atoms with Gasteiger partial charge in [0.2, 0.25) is 0 Å². The predicted octanol–water partition coefficient (Wildman–Crippen LogP) is 3.84. The van der Waals surface area contributed by atoms with Gasteiger partial charge in [0.15, 0.2) is 0 Å². The Kier molecular flexibility index (Phi) is 8.14. The topological polar surface area (TPSA) is 82.2 Å². The molecule has 10 heteroatoms. The van der Waals surface area contributed by atoms with Gasteiger partial charge in [-0.3, -0.25) is 14.6 Å². The Balaban J connectivity index is 1.61. The number of hydrogen-bond donors (Lipinski definition) is 1. The van der Waals surface area contributed by atoms with Crippen LogP contribution in [0.2, 0.25) is 5.02 Å². The van der Waals surface area contributed by atoms with E-state index < -0.39 is 17.8 Å². The second kappa shape index (κ2) is 11.3. The Morgan fingerprint density at radius 2 is 1.92 bits per heavy atom. The maximum Gasteiger partial charge on any atom is 0.338 e. The second-order valence-electron chi connectivity index (χ2n) is 9.14. The average Bonchev–Trinajstić information content (AvgIpc) is 2.86. The van der Waals surface area contributed by atoms with Crippen molar-refractivity contribution < 1.29 is 23.5 Å². The smallest absolute Gasteiger partial charge is 0.338 e. The molecule has 2 atom stereocenters. The fourth-order valence-corrected chi connectivity index (χ4v) is 5.01. The molecule has 37 heavy (non-hydrogen) atoms. The first-order valence-corrected chi connectivity index (χ1v) is 12.6. The number of carbonyl (C=O) groups excluding carboxylic acids is 3. The molecule has 0 aliphatic carbocycles. The quantitative estimate of drug-likeness (QED) is 0.576. The number of urea groups is 1. The van der Waals surface area contributed by atoms with Crippen molar-refractivity contribution in [2.75, 3.05) is 39.8 Å². The molecule has 2 aliphatic heterocycles. The van der Waals surface area contributed by atoms with Crippen molar-refractivity contribution in [3.05, 3.63) is 81.8 Å². The van der Waals surface area contributed by atoms with Crippen LogP contribution in [-0.2, 0) is 9.53 Å². The van der Waals surface area contributed by atoms with Crippen LogP contribution in [0.5, 0.6) is 0 Å². The van der Waals surface area contributed by atoms with Crippen molar-refractivity contribution in [3.8, 4) is 0 Å². The highest BCUT2D eigenvalue weighted by atomic mass is 35.5. The largest absolute Gasteiger partial charge is 0.463 e. The van der Waals surface area contributed by atoms with E-state index in [4.69, 9.17) is 16.3 Å². The SMILES string of the molecule is CCOC(=O)C1=C(CN2CCN(C(=O)c3ccccc3F)[C@@H](C)C2)N(C)C(=O)N[C@H]1c1cccc(Cl)c1. The van der Waals surface area contributed by atoms with Crippen LogP contribution in [0, 0.1) is 5.82 Å². The fourth-order valence-electron chi connectivity index (χ4n) is 4.81. The van der Waals surface area contributed by atoms with Crippen LogP contribution in [0.3, 0.4) is 0 Å². The van der Waals surface area contributed by atoms with Gasteiger partial charge in [-0.2, -0.15) is 0 Å². The molecule has 2 aromatic rings. The first-order valence-electron chi connectivity index (χ1n) is 12.2. The van der Waals surface area contributed by atoms with Crippen molar-refractivity contribution >= 4 is 29.5 Å². The minimum Gasteiger partial charge on any atom is -0.463 e. The van der Waals surface area contributed by atoms with Crippen LogP contribution in [0.25, 0.3) is 0 Å². The van der Waals surface area contributed by atoms with Crippen LogP contribution in [-0.4, -0.2) is 78.5 Å². The third-order valence-corrected chi connectivity index (χ3v) is 6.94. The van der Waals surface area contributed by atoms with Gasteiger partial charge in [-0.25, -0.2) is 14.0 Å². The Labute approximate surface area is 220 Å². The van der Waals surface area contributed by atoms with Gasteiger partial charge in [-0.05, 0) is 43.7 Å². The molecule has 0 saturated carbocycles. The number of amides is 3. The van der Waals surface area contributed by atoms with E-state index in [2.05, 4.69) is 10.2 Å². The predicted molar refractivity (Wildman–Crippen MR) is 137 cm³/mol. The number of likely N-dealkylation sites (N-methyl/N-ethyl adjacent to an activating group) is 1. The first-order chi connectivity index (χ1) is 17.7. The van der Waals surface area contributed by atoms with Gasteiger partial charge in [-0.1, -0.05) is 35.9 Å². The summed E-state index contributed by atoms with van der Waals surface area (Å²) in [6.07, 6.45) is 0. The Hall–Kier alpha value is -3.43. The number of rotatable bonds is 6. The lowest BCUT2D eigenvalue weighted by atomic mass is 9.94. The molecule has 0 radical (unpaired) electrons. The summed E-state index contributed by atoms with van der Waals surface area (Å²) in [4.78, 5) is 44.2. The van der Waals surface area contributed by atoms with Crippen LogP contribution in [0.1, 0.15) is 35.8 Å². The molecule has 0 spiro atoms. The third kappa shape index (κ3) is 5.62. The highest BCUT2D eigenvalue weighted by Gasteiger charge is 2.38. The zero-order chi connectivity index (χ0) is 26.7. The maximum absolute atomic E-state index is 14.2. The molecule has 2 aromatic carbocycles. The number of nitrogens with zero attached hydrogens (tertiary/aromatic N) is 3. The number of hydrogen-bond acceptors (Lipinski definition) is 5. The Bertz CT molecular complexity index is 1240. The van der Waals surface area contributed by atoms with E-state index in [1.54, 1.807) is 55.3 Å². The van der Waals surface area contributed by atoms with Crippen LogP contribution >= 0.6 is 11.6 Å². The maximum atomic E-state index is 14.2. The summed E-state index contributed by atoms with van der Waals surface area (Å²) in [6.45, 7) is 5.45. The van der Waals surface area contributed by atoms with Crippen molar-refractivity contribution in [3.63, 3.8) is 0 Å². The molecular weight excluding hydrogens is 499 g/mol. The van der Waals surface area contributed by atoms with E-state index in [1.807, 2.05) is 6.92 Å². The van der Waals surface area contributed by atoms with Gasteiger partial charge in [0, 0.05) is 50.0 Å². The summed E-state index contributed by atoms with van der Waals surface area (Å²) in [5.74, 6) is -1.42. The van der Waals surface area contributed by atoms with Crippen LogP contribution in [0.4, 0.5) is 9.18 Å². The number of benzene rings is 2. The number of esters is 1. The highest BCUT2D eigenvalue weighted by molar-refractivity contribution is 6.30. The van der Waals surface area contributed by atoms with Gasteiger partial charge in [0.25, 0.3) is 5.91 Å². The molecule has 0 aromatic heterocycles. The zero-order valence-electron chi connectivity index (χ0n) is 21.0. The van der Waals surface area contributed by atoms with Crippen molar-refractivity contribution in [1.82, 2.24) is 20.0 Å². The van der Waals surface area contributed by atoms with E-state index in [0.29, 0.717) is 48.0 Å². The third-order valence-electron chi connectivity index (χ3n) is 6.70. The molecule has 196 valence electrons. The Morgan fingerprint density at radius 3 is 2.59 bits per heavy atom. The van der Waals surface area contributed by atoms with E-state index in [9.17, 15) is 18.8 Å². The molecule has 1 N–H and O–H groups in total. The summed E-state index contributed by atoms with van der Waals surface area (Å²) in [5.41, 5.74) is 1.57. The minimum absolute atomic E-state index is 0.0446. The Morgan fingerprint density at radius 1 is 1.16 bits per heavy atom. The van der Waals surface area contributed by atoms with Crippen molar-refractivity contribution in [2.45, 2.75) is 25.9 Å². The summed E-state index contributed by atoms with van der Waals surface area (Å²) in [5, 5.41) is 3.37. The van der Waals surface area contributed by atoms with Crippen molar-refractivity contribution in [1.29, 1.82) is 0 Å². The summed E-state index contributed by atoms with van der Waals surface area (Å²) >= 11 is 6.20. The number of nitrogens with one attached hydrogen (secondary N) is 1. The van der Waals surface area contributed by atoms with Crippen LogP contribution < -0.4 is 5.32 Å². The monoisotopic (exact) mass is 528 g/mol. The molecule has 3 amide bonds. The van der Waals surface area contributed by atoms with E-state index >= 15 is 0 Å². The lowest BCUT2D eigenvalue weighted by Crippen LogP contribution is -2.56. The van der Waals surface area contributed by atoms with Crippen LogP contribution in [0.15, 0.2) is 59.8 Å². The van der Waals surface area contributed by atoms with E-state index in [-0.39, 0.29) is 30.2 Å². The molecule has 1 fully saturated rings. The lowest BCUT2D eigenvalue weighted by Gasteiger charge is -2.42. The fraction of sp³-hybridized carbons (Fsp3) is 0.370. The van der Waals surface area contributed by atoms with Crippen molar-refractivity contribution in [2.24, 2.45) is 0 Å². The normalized spacial score (nSPS) is 20.6. The number of piperazine rings is 1. The lowest BCUT2D eigenvalue weighted by molar-refractivity contribution is -0.139. The van der Waals surface area contributed by atoms with Gasteiger partial charge in [-0.15, -0.1) is 0 Å². The molecule has 2 heterocycles. The van der Waals surface area contributed by atoms with Gasteiger partial charge in [0.1, 0.15) is 5.82 Å². The molecular formula is C27H30ClFN4O4. The number of ether oxygens (including phenoxy) is 1. The minimum atomic E-state index is -0.724. The summed E-state index contributed by atoms with van der Waals surface area (Å²) in [7, 11) is 1.61. The first kappa shape index (κ1) is 26.6. The molecule has 2 aliphatic rings. The highest BCUT2D eigenvalue weighted by Crippen LogP contribution is 2.33.